The molecule has 3 amide bonds. The van der Waals surface area contributed by atoms with Crippen LogP contribution >= 0.6 is 0 Å². The topological polar surface area (TPSA) is 114 Å². The van der Waals surface area contributed by atoms with Crippen LogP contribution in [0.15, 0.2) is 18.2 Å². The summed E-state index contributed by atoms with van der Waals surface area (Å²) in [5, 5.41) is 5.41. The van der Waals surface area contributed by atoms with Crippen LogP contribution in [0.5, 0.6) is 0 Å². The van der Waals surface area contributed by atoms with E-state index in [0.717, 1.165) is 30.4 Å². The summed E-state index contributed by atoms with van der Waals surface area (Å²) in [7, 11) is 1.25. The Kier molecular flexibility index (Phi) is 10.5. The number of benzene rings is 1. The highest BCUT2D eigenvalue weighted by Crippen LogP contribution is 2.35. The van der Waals surface area contributed by atoms with Gasteiger partial charge in [-0.25, -0.2) is 4.79 Å². The van der Waals surface area contributed by atoms with Crippen molar-refractivity contribution in [2.75, 3.05) is 13.7 Å². The molecule has 0 radical (unpaired) electrons. The molecule has 1 aliphatic rings. The van der Waals surface area contributed by atoms with Gasteiger partial charge in [0.2, 0.25) is 11.8 Å². The third-order valence-electron chi connectivity index (χ3n) is 6.52. The van der Waals surface area contributed by atoms with Crippen LogP contribution in [-0.4, -0.2) is 60.1 Å². The predicted octanol–water partition coefficient (Wildman–Crippen LogP) is 3.95. The molecule has 1 saturated carbocycles. The minimum Gasteiger partial charge on any atom is -0.468 e. The first-order chi connectivity index (χ1) is 17.2. The summed E-state index contributed by atoms with van der Waals surface area (Å²) in [6.07, 6.45) is 2.13. The smallest absolute Gasteiger partial charge is 0.408 e. The third kappa shape index (κ3) is 8.47. The molecule has 0 bridgehead atoms. The molecule has 9 heteroatoms. The highest BCUT2D eigenvalue weighted by molar-refractivity contribution is 5.93. The second kappa shape index (κ2) is 12.9. The van der Waals surface area contributed by atoms with Crippen molar-refractivity contribution in [1.82, 2.24) is 15.5 Å². The summed E-state index contributed by atoms with van der Waals surface area (Å²) >= 11 is 0. The zero-order valence-corrected chi connectivity index (χ0v) is 23.5. The van der Waals surface area contributed by atoms with Gasteiger partial charge >= 0.3 is 12.1 Å². The molecule has 1 aliphatic carbocycles. The lowest BCUT2D eigenvalue weighted by molar-refractivity contribution is -0.148. The van der Waals surface area contributed by atoms with Gasteiger partial charge in [0, 0.05) is 6.04 Å². The lowest BCUT2D eigenvalue weighted by Crippen LogP contribution is -2.58. The SMILES string of the molecule is COC(=O)CNC(=O)C(c1cccc(C)c1C)N(C(=O)C(CC(C)C)NC(=O)OC(C)(C)C)C1CCC1. The Morgan fingerprint density at radius 2 is 1.76 bits per heavy atom. The number of alkyl carbamates (subject to hydrolysis) is 1. The van der Waals surface area contributed by atoms with E-state index in [2.05, 4.69) is 15.4 Å². The van der Waals surface area contributed by atoms with Gasteiger partial charge in [0.15, 0.2) is 0 Å². The van der Waals surface area contributed by atoms with Gasteiger partial charge in [-0.1, -0.05) is 32.0 Å². The molecule has 0 heterocycles. The first kappa shape index (κ1) is 30.1. The van der Waals surface area contributed by atoms with Gasteiger partial charge in [0.25, 0.3) is 0 Å². The van der Waals surface area contributed by atoms with Crippen LogP contribution in [0, 0.1) is 19.8 Å². The normalized spacial score (nSPS) is 15.3. The monoisotopic (exact) mass is 517 g/mol. The molecule has 1 aromatic rings. The quantitative estimate of drug-likeness (QED) is 0.454. The molecular formula is C28H43N3O6. The maximum absolute atomic E-state index is 14.2. The Labute approximate surface area is 220 Å². The van der Waals surface area contributed by atoms with Crippen LogP contribution in [0.2, 0.25) is 0 Å². The van der Waals surface area contributed by atoms with Crippen molar-refractivity contribution in [3.05, 3.63) is 34.9 Å². The van der Waals surface area contributed by atoms with Crippen molar-refractivity contribution >= 4 is 23.9 Å². The summed E-state index contributed by atoms with van der Waals surface area (Å²) < 4.78 is 10.1. The second-order valence-corrected chi connectivity index (χ2v) is 11.1. The fourth-order valence-electron chi connectivity index (χ4n) is 4.32. The average molecular weight is 518 g/mol. The maximum atomic E-state index is 14.2. The summed E-state index contributed by atoms with van der Waals surface area (Å²) in [5.74, 6) is -1.30. The molecule has 9 nitrogen and oxygen atoms in total. The van der Waals surface area contributed by atoms with Gasteiger partial charge in [-0.3, -0.25) is 14.4 Å². The number of aryl methyl sites for hydroxylation is 1. The predicted molar refractivity (Wildman–Crippen MR) is 141 cm³/mol. The summed E-state index contributed by atoms with van der Waals surface area (Å²) in [4.78, 5) is 53.9. The number of esters is 1. The number of nitrogens with zero attached hydrogens (tertiary/aromatic N) is 1. The van der Waals surface area contributed by atoms with Crippen LogP contribution < -0.4 is 10.6 Å². The zero-order valence-electron chi connectivity index (χ0n) is 23.5. The van der Waals surface area contributed by atoms with E-state index in [9.17, 15) is 19.2 Å². The standard InChI is InChI=1S/C28H43N3O6/c1-17(2)15-22(30-27(35)37-28(5,6)7)26(34)31(20-12-10-13-20)24(25(33)29-16-23(32)36-8)21-14-9-11-18(3)19(21)4/h9,11,14,17,20,22,24H,10,12-13,15-16H2,1-8H3,(H,29,33)(H,30,35). The second-order valence-electron chi connectivity index (χ2n) is 11.1. The number of hydrogen-bond acceptors (Lipinski definition) is 6. The van der Waals surface area contributed by atoms with Crippen LogP contribution in [0.4, 0.5) is 4.79 Å². The van der Waals surface area contributed by atoms with E-state index in [0.29, 0.717) is 12.0 Å². The molecule has 1 fully saturated rings. The number of rotatable bonds is 10. The molecule has 0 aromatic heterocycles. The van der Waals surface area contributed by atoms with E-state index in [1.807, 2.05) is 45.9 Å². The Balaban J connectivity index is 2.53. The molecule has 206 valence electrons. The minimum atomic E-state index is -0.975. The Hall–Kier alpha value is -3.10. The van der Waals surface area contributed by atoms with E-state index in [-0.39, 0.29) is 24.4 Å². The first-order valence-electron chi connectivity index (χ1n) is 13.0. The van der Waals surface area contributed by atoms with Crippen molar-refractivity contribution in [2.45, 2.75) is 97.9 Å². The van der Waals surface area contributed by atoms with E-state index in [1.54, 1.807) is 25.7 Å². The number of amides is 3. The molecule has 0 aliphatic heterocycles. The largest absolute Gasteiger partial charge is 0.468 e. The summed E-state index contributed by atoms with van der Waals surface area (Å²) in [6.45, 7) is 12.8. The van der Waals surface area contributed by atoms with Gasteiger partial charge in [-0.2, -0.15) is 0 Å². The first-order valence-corrected chi connectivity index (χ1v) is 13.0. The fourth-order valence-corrected chi connectivity index (χ4v) is 4.32. The van der Waals surface area contributed by atoms with Crippen molar-refractivity contribution in [3.8, 4) is 0 Å². The minimum absolute atomic E-state index is 0.0967. The number of nitrogens with one attached hydrogen (secondary N) is 2. The lowest BCUT2D eigenvalue weighted by atomic mass is 9.86. The molecule has 2 atom stereocenters. The average Bonchev–Trinajstić information content (AvgIpc) is 2.75. The Morgan fingerprint density at radius 1 is 1.11 bits per heavy atom. The number of hydrogen-bond donors (Lipinski definition) is 2. The van der Waals surface area contributed by atoms with Crippen molar-refractivity contribution < 1.29 is 28.7 Å². The molecule has 37 heavy (non-hydrogen) atoms. The molecule has 2 unspecified atom stereocenters. The maximum Gasteiger partial charge on any atom is 0.408 e. The summed E-state index contributed by atoms with van der Waals surface area (Å²) in [6, 6.07) is 3.61. The van der Waals surface area contributed by atoms with Crippen molar-refractivity contribution in [1.29, 1.82) is 0 Å². The third-order valence-corrected chi connectivity index (χ3v) is 6.52. The molecular weight excluding hydrogens is 474 g/mol. The van der Waals surface area contributed by atoms with Gasteiger partial charge in [0.1, 0.15) is 24.2 Å². The van der Waals surface area contributed by atoms with Gasteiger partial charge in [-0.15, -0.1) is 0 Å². The van der Waals surface area contributed by atoms with E-state index in [4.69, 9.17) is 4.74 Å². The number of methoxy groups -OCH3 is 1. The van der Waals surface area contributed by atoms with E-state index < -0.39 is 35.7 Å². The number of ether oxygens (including phenoxy) is 2. The van der Waals surface area contributed by atoms with Gasteiger partial charge in [0.05, 0.1) is 7.11 Å². The highest BCUT2D eigenvalue weighted by atomic mass is 16.6. The number of carbonyl (C=O) groups is 4. The molecule has 0 saturated heterocycles. The van der Waals surface area contributed by atoms with Crippen LogP contribution in [-0.2, 0) is 23.9 Å². The van der Waals surface area contributed by atoms with Crippen LogP contribution in [0.25, 0.3) is 0 Å². The summed E-state index contributed by atoms with van der Waals surface area (Å²) in [5.41, 5.74) is 1.83. The lowest BCUT2D eigenvalue weighted by Gasteiger charge is -2.44. The Bertz CT molecular complexity index is 981. The van der Waals surface area contributed by atoms with E-state index >= 15 is 0 Å². The Morgan fingerprint density at radius 3 is 2.27 bits per heavy atom. The molecule has 1 aromatic carbocycles. The van der Waals surface area contributed by atoms with Crippen LogP contribution in [0.3, 0.4) is 0 Å². The van der Waals surface area contributed by atoms with Gasteiger partial charge in [-0.05, 0) is 82.9 Å². The van der Waals surface area contributed by atoms with E-state index in [1.165, 1.54) is 7.11 Å². The van der Waals surface area contributed by atoms with Crippen molar-refractivity contribution in [3.63, 3.8) is 0 Å². The number of carbonyl (C=O) groups excluding carboxylic acids is 4. The van der Waals surface area contributed by atoms with Crippen LogP contribution in [0.1, 0.15) is 83.0 Å². The molecule has 0 spiro atoms. The fraction of sp³-hybridized carbons (Fsp3) is 0.643. The van der Waals surface area contributed by atoms with Gasteiger partial charge < -0.3 is 25.0 Å². The highest BCUT2D eigenvalue weighted by Gasteiger charge is 2.42. The zero-order chi connectivity index (χ0) is 27.9. The molecule has 2 N–H and O–H groups in total. The molecule has 2 rings (SSSR count). The van der Waals surface area contributed by atoms with Crippen molar-refractivity contribution in [2.24, 2.45) is 5.92 Å².